The molecule has 2 heterocycles. The van der Waals surface area contributed by atoms with Crippen molar-refractivity contribution in [2.45, 2.75) is 26.4 Å². The van der Waals surface area contributed by atoms with Gasteiger partial charge in [0.15, 0.2) is 0 Å². The van der Waals surface area contributed by atoms with E-state index in [0.717, 1.165) is 22.2 Å². The van der Waals surface area contributed by atoms with E-state index >= 15 is 0 Å². The summed E-state index contributed by atoms with van der Waals surface area (Å²) in [6.07, 6.45) is 3.43. The van der Waals surface area contributed by atoms with E-state index in [0.29, 0.717) is 17.9 Å². The SMILES string of the molecule is CC(C)N(Cc1ccccc1)C(=O)c1ccnc(Nc2cccc3cccnc23)c1. The quantitative estimate of drug-likeness (QED) is 0.472. The van der Waals surface area contributed by atoms with Crippen LogP contribution in [-0.4, -0.2) is 26.8 Å². The van der Waals surface area contributed by atoms with Crippen LogP contribution < -0.4 is 5.32 Å². The maximum atomic E-state index is 13.3. The van der Waals surface area contributed by atoms with Gasteiger partial charge >= 0.3 is 0 Å². The number of aromatic nitrogens is 2. The van der Waals surface area contributed by atoms with E-state index < -0.39 is 0 Å². The number of hydrogen-bond acceptors (Lipinski definition) is 4. The largest absolute Gasteiger partial charge is 0.338 e. The van der Waals surface area contributed by atoms with Gasteiger partial charge in [-0.3, -0.25) is 9.78 Å². The van der Waals surface area contributed by atoms with Crippen LogP contribution in [-0.2, 0) is 6.54 Å². The van der Waals surface area contributed by atoms with Gasteiger partial charge in [-0.15, -0.1) is 0 Å². The summed E-state index contributed by atoms with van der Waals surface area (Å²) in [6, 6.07) is 23.6. The van der Waals surface area contributed by atoms with Crippen LogP contribution in [0.3, 0.4) is 0 Å². The molecular weight excluding hydrogens is 372 g/mol. The fourth-order valence-corrected chi connectivity index (χ4v) is 3.41. The number of carbonyl (C=O) groups excluding carboxylic acids is 1. The Labute approximate surface area is 176 Å². The second-order valence-corrected chi connectivity index (χ2v) is 7.45. The smallest absolute Gasteiger partial charge is 0.254 e. The van der Waals surface area contributed by atoms with E-state index in [9.17, 15) is 4.79 Å². The molecule has 0 unspecified atom stereocenters. The number of nitrogens with one attached hydrogen (secondary N) is 1. The molecule has 2 aromatic heterocycles. The third-order valence-electron chi connectivity index (χ3n) is 4.98. The molecule has 0 saturated heterocycles. The minimum Gasteiger partial charge on any atom is -0.338 e. The molecule has 5 nitrogen and oxygen atoms in total. The molecule has 0 saturated carbocycles. The lowest BCUT2D eigenvalue weighted by Gasteiger charge is -2.27. The van der Waals surface area contributed by atoms with Crippen LogP contribution in [0.2, 0.25) is 0 Å². The van der Waals surface area contributed by atoms with Crippen molar-refractivity contribution in [1.29, 1.82) is 0 Å². The summed E-state index contributed by atoms with van der Waals surface area (Å²) in [5.74, 6) is 0.595. The fraction of sp³-hybridized carbons (Fsp3) is 0.160. The first-order valence-corrected chi connectivity index (χ1v) is 10.0. The van der Waals surface area contributed by atoms with Gasteiger partial charge in [-0.05, 0) is 43.7 Å². The number of benzene rings is 2. The highest BCUT2D eigenvalue weighted by atomic mass is 16.2. The zero-order chi connectivity index (χ0) is 20.9. The molecule has 0 aliphatic carbocycles. The van der Waals surface area contributed by atoms with Gasteiger partial charge in [-0.25, -0.2) is 4.98 Å². The standard InChI is InChI=1S/C25H24N4O/c1-18(2)29(17-19-8-4-3-5-9-19)25(30)21-13-15-26-23(16-21)28-22-12-6-10-20-11-7-14-27-24(20)22/h3-16,18H,17H2,1-2H3,(H,26,28). The predicted molar refractivity (Wildman–Crippen MR) is 121 cm³/mol. The van der Waals surface area contributed by atoms with Gasteiger partial charge in [-0.1, -0.05) is 48.5 Å². The van der Waals surface area contributed by atoms with Crippen LogP contribution in [0.4, 0.5) is 11.5 Å². The second-order valence-electron chi connectivity index (χ2n) is 7.45. The van der Waals surface area contributed by atoms with Crippen LogP contribution in [0.1, 0.15) is 29.8 Å². The van der Waals surface area contributed by atoms with Gasteiger partial charge in [0.25, 0.3) is 5.91 Å². The van der Waals surface area contributed by atoms with Crippen LogP contribution in [0.25, 0.3) is 10.9 Å². The topological polar surface area (TPSA) is 58.1 Å². The van der Waals surface area contributed by atoms with E-state index in [1.807, 2.05) is 79.4 Å². The first-order valence-electron chi connectivity index (χ1n) is 10.0. The third kappa shape index (κ3) is 4.30. The van der Waals surface area contributed by atoms with Crippen molar-refractivity contribution in [2.75, 3.05) is 5.32 Å². The first kappa shape index (κ1) is 19.6. The molecule has 5 heteroatoms. The Hall–Kier alpha value is -3.73. The Kier molecular flexibility index (Phi) is 5.70. The molecule has 30 heavy (non-hydrogen) atoms. The number of rotatable bonds is 6. The summed E-state index contributed by atoms with van der Waals surface area (Å²) >= 11 is 0. The molecule has 150 valence electrons. The zero-order valence-corrected chi connectivity index (χ0v) is 17.1. The third-order valence-corrected chi connectivity index (χ3v) is 4.98. The molecule has 0 radical (unpaired) electrons. The molecule has 1 amide bonds. The summed E-state index contributed by atoms with van der Waals surface area (Å²) in [4.78, 5) is 24.0. The highest BCUT2D eigenvalue weighted by molar-refractivity contribution is 5.96. The molecule has 0 spiro atoms. The number of amides is 1. The van der Waals surface area contributed by atoms with Crippen molar-refractivity contribution in [1.82, 2.24) is 14.9 Å². The summed E-state index contributed by atoms with van der Waals surface area (Å²) in [5, 5.41) is 4.36. The Morgan fingerprint density at radius 2 is 1.73 bits per heavy atom. The van der Waals surface area contributed by atoms with Gasteiger partial charge in [0.1, 0.15) is 5.82 Å². The van der Waals surface area contributed by atoms with Gasteiger partial charge in [-0.2, -0.15) is 0 Å². The summed E-state index contributed by atoms with van der Waals surface area (Å²) in [7, 11) is 0. The second kappa shape index (κ2) is 8.74. The molecule has 0 atom stereocenters. The first-order chi connectivity index (χ1) is 14.6. The minimum absolute atomic E-state index is 0.0182. The van der Waals surface area contributed by atoms with Crippen molar-refractivity contribution in [3.05, 3.63) is 96.3 Å². The molecule has 2 aromatic carbocycles. The number of fused-ring (bicyclic) bond motifs is 1. The Balaban J connectivity index is 1.59. The molecule has 0 aliphatic heterocycles. The summed E-state index contributed by atoms with van der Waals surface area (Å²) < 4.78 is 0. The monoisotopic (exact) mass is 396 g/mol. The normalized spacial score (nSPS) is 10.9. The van der Waals surface area contributed by atoms with Crippen molar-refractivity contribution < 1.29 is 4.79 Å². The van der Waals surface area contributed by atoms with Crippen molar-refractivity contribution in [3.63, 3.8) is 0 Å². The molecule has 1 N–H and O–H groups in total. The van der Waals surface area contributed by atoms with Crippen LogP contribution in [0, 0.1) is 0 Å². The van der Waals surface area contributed by atoms with Gasteiger partial charge in [0.05, 0.1) is 11.2 Å². The molecule has 0 bridgehead atoms. The fourth-order valence-electron chi connectivity index (χ4n) is 3.41. The molecule has 0 fully saturated rings. The van der Waals surface area contributed by atoms with E-state index in [2.05, 4.69) is 15.3 Å². The lowest BCUT2D eigenvalue weighted by Crippen LogP contribution is -2.36. The maximum Gasteiger partial charge on any atom is 0.254 e. The number of anilines is 2. The van der Waals surface area contributed by atoms with E-state index in [-0.39, 0.29) is 11.9 Å². The Morgan fingerprint density at radius 1 is 0.933 bits per heavy atom. The number of carbonyl (C=O) groups is 1. The Morgan fingerprint density at radius 3 is 2.53 bits per heavy atom. The molecule has 4 rings (SSSR count). The van der Waals surface area contributed by atoms with Crippen LogP contribution in [0.5, 0.6) is 0 Å². The lowest BCUT2D eigenvalue weighted by molar-refractivity contribution is 0.0690. The van der Waals surface area contributed by atoms with Gasteiger partial charge in [0.2, 0.25) is 0 Å². The Bertz CT molecular complexity index is 1150. The molecule has 0 aliphatic rings. The maximum absolute atomic E-state index is 13.3. The number of pyridine rings is 2. The number of nitrogens with zero attached hydrogens (tertiary/aromatic N) is 3. The van der Waals surface area contributed by atoms with Crippen molar-refractivity contribution in [2.24, 2.45) is 0 Å². The van der Waals surface area contributed by atoms with Crippen LogP contribution >= 0.6 is 0 Å². The molecule has 4 aromatic rings. The minimum atomic E-state index is -0.0182. The summed E-state index contributed by atoms with van der Waals surface area (Å²) in [6.45, 7) is 4.63. The predicted octanol–water partition coefficient (Wildman–Crippen LogP) is 5.42. The lowest BCUT2D eigenvalue weighted by atomic mass is 10.1. The van der Waals surface area contributed by atoms with Crippen LogP contribution in [0.15, 0.2) is 85.2 Å². The highest BCUT2D eigenvalue weighted by Gasteiger charge is 2.19. The van der Waals surface area contributed by atoms with Crippen molar-refractivity contribution >= 4 is 28.3 Å². The van der Waals surface area contributed by atoms with E-state index in [1.165, 1.54) is 0 Å². The summed E-state index contributed by atoms with van der Waals surface area (Å²) in [5.41, 5.74) is 3.43. The van der Waals surface area contributed by atoms with E-state index in [1.54, 1.807) is 24.5 Å². The highest BCUT2D eigenvalue weighted by Crippen LogP contribution is 2.24. The van der Waals surface area contributed by atoms with Gasteiger partial charge in [0, 0.05) is 35.9 Å². The number of hydrogen-bond donors (Lipinski definition) is 1. The number of para-hydroxylation sites is 1. The molecular formula is C25H24N4O. The zero-order valence-electron chi connectivity index (χ0n) is 17.1. The van der Waals surface area contributed by atoms with Gasteiger partial charge < -0.3 is 10.2 Å². The van der Waals surface area contributed by atoms with Crippen molar-refractivity contribution in [3.8, 4) is 0 Å². The average Bonchev–Trinajstić information content (AvgIpc) is 2.78. The average molecular weight is 396 g/mol. The van der Waals surface area contributed by atoms with E-state index in [4.69, 9.17) is 0 Å².